The van der Waals surface area contributed by atoms with Gasteiger partial charge < -0.3 is 18.9 Å². The molecule has 4 heteroatoms. The van der Waals surface area contributed by atoms with Crippen molar-refractivity contribution < 1.29 is 18.9 Å². The van der Waals surface area contributed by atoms with Crippen LogP contribution in [0.15, 0.2) is 54.6 Å². The zero-order valence-electron chi connectivity index (χ0n) is 15.1. The first-order valence-corrected chi connectivity index (χ1v) is 8.65. The number of hydrogen-bond acceptors (Lipinski definition) is 4. The number of benzene rings is 2. The fourth-order valence-corrected chi connectivity index (χ4v) is 3.57. The van der Waals surface area contributed by atoms with Crippen LogP contribution in [0.4, 0.5) is 0 Å². The van der Waals surface area contributed by atoms with E-state index in [-0.39, 0.29) is 24.4 Å². The van der Waals surface area contributed by atoms with E-state index in [9.17, 15) is 0 Å². The summed E-state index contributed by atoms with van der Waals surface area (Å²) in [5.41, 5.74) is 2.34. The van der Waals surface area contributed by atoms with Crippen molar-refractivity contribution in [3.63, 3.8) is 0 Å². The van der Waals surface area contributed by atoms with E-state index < -0.39 is 0 Å². The molecule has 4 nitrogen and oxygen atoms in total. The Morgan fingerprint density at radius 3 is 1.88 bits per heavy atom. The standard InChI is InChI=1S/C21H26O4/c1-22-18-11-9-16(10-12-18)20-14-17(21(23-2)24-3)13-19(25-20)15-7-5-4-6-8-15/h4-12,17,19-21H,13-14H2,1-3H3/t17-,19-,20+/m0/s1. The van der Waals surface area contributed by atoms with Gasteiger partial charge in [-0.1, -0.05) is 42.5 Å². The lowest BCUT2D eigenvalue weighted by atomic mass is 9.86. The summed E-state index contributed by atoms with van der Waals surface area (Å²) in [4.78, 5) is 0. The monoisotopic (exact) mass is 342 g/mol. The second-order valence-corrected chi connectivity index (χ2v) is 6.37. The van der Waals surface area contributed by atoms with Crippen LogP contribution in [0, 0.1) is 5.92 Å². The Morgan fingerprint density at radius 2 is 1.36 bits per heavy atom. The summed E-state index contributed by atoms with van der Waals surface area (Å²) >= 11 is 0. The minimum Gasteiger partial charge on any atom is -0.497 e. The molecule has 0 bridgehead atoms. The summed E-state index contributed by atoms with van der Waals surface area (Å²) in [6.07, 6.45) is 1.55. The van der Waals surface area contributed by atoms with Crippen molar-refractivity contribution in [3.05, 3.63) is 65.7 Å². The highest BCUT2D eigenvalue weighted by molar-refractivity contribution is 5.29. The van der Waals surface area contributed by atoms with Gasteiger partial charge in [0.2, 0.25) is 0 Å². The molecule has 0 amide bonds. The molecule has 1 saturated heterocycles. The van der Waals surface area contributed by atoms with Crippen LogP contribution in [-0.2, 0) is 14.2 Å². The Morgan fingerprint density at radius 1 is 0.800 bits per heavy atom. The second kappa shape index (κ2) is 8.48. The Labute approximate surface area is 149 Å². The van der Waals surface area contributed by atoms with Crippen molar-refractivity contribution in [2.24, 2.45) is 5.92 Å². The van der Waals surface area contributed by atoms with Gasteiger partial charge >= 0.3 is 0 Å². The van der Waals surface area contributed by atoms with Crippen LogP contribution in [0.25, 0.3) is 0 Å². The second-order valence-electron chi connectivity index (χ2n) is 6.37. The van der Waals surface area contributed by atoms with Crippen molar-refractivity contribution in [2.45, 2.75) is 31.3 Å². The minimum atomic E-state index is -0.226. The number of hydrogen-bond donors (Lipinski definition) is 0. The van der Waals surface area contributed by atoms with Gasteiger partial charge in [-0.25, -0.2) is 0 Å². The topological polar surface area (TPSA) is 36.9 Å². The van der Waals surface area contributed by atoms with Crippen LogP contribution in [0.1, 0.15) is 36.2 Å². The van der Waals surface area contributed by atoms with Crippen LogP contribution in [0.3, 0.4) is 0 Å². The molecule has 0 spiro atoms. The fraction of sp³-hybridized carbons (Fsp3) is 0.429. The maximum absolute atomic E-state index is 6.45. The molecule has 0 aliphatic carbocycles. The largest absolute Gasteiger partial charge is 0.497 e. The SMILES string of the molecule is COc1ccc([C@H]2C[C@@H](C(OC)OC)C[C@@H](c3ccccc3)O2)cc1. The van der Waals surface area contributed by atoms with Gasteiger partial charge in [-0.05, 0) is 36.1 Å². The van der Waals surface area contributed by atoms with Crippen molar-refractivity contribution in [2.75, 3.05) is 21.3 Å². The highest BCUT2D eigenvalue weighted by Crippen LogP contribution is 2.43. The molecule has 2 aromatic rings. The zero-order chi connectivity index (χ0) is 17.6. The highest BCUT2D eigenvalue weighted by Gasteiger charge is 2.35. The molecule has 134 valence electrons. The number of rotatable bonds is 6. The third-order valence-electron chi connectivity index (χ3n) is 4.87. The summed E-state index contributed by atoms with van der Waals surface area (Å²) in [5, 5.41) is 0. The van der Waals surface area contributed by atoms with Gasteiger partial charge in [-0.15, -0.1) is 0 Å². The van der Waals surface area contributed by atoms with Crippen LogP contribution >= 0.6 is 0 Å². The molecule has 0 aromatic heterocycles. The van der Waals surface area contributed by atoms with Crippen molar-refractivity contribution in [1.29, 1.82) is 0 Å². The lowest BCUT2D eigenvalue weighted by Crippen LogP contribution is -2.33. The Hall–Kier alpha value is -1.88. The van der Waals surface area contributed by atoms with Crippen LogP contribution in [0.2, 0.25) is 0 Å². The molecule has 0 unspecified atom stereocenters. The molecule has 0 radical (unpaired) electrons. The third-order valence-corrected chi connectivity index (χ3v) is 4.87. The molecule has 3 atom stereocenters. The fourth-order valence-electron chi connectivity index (χ4n) is 3.57. The predicted molar refractivity (Wildman–Crippen MR) is 96.5 cm³/mol. The third kappa shape index (κ3) is 4.21. The zero-order valence-corrected chi connectivity index (χ0v) is 15.1. The first kappa shape index (κ1) is 17.9. The minimum absolute atomic E-state index is 0.00247. The molecule has 0 saturated carbocycles. The van der Waals surface area contributed by atoms with E-state index in [0.29, 0.717) is 0 Å². The van der Waals surface area contributed by atoms with E-state index in [2.05, 4.69) is 36.4 Å². The molecule has 1 aliphatic rings. The first-order chi connectivity index (χ1) is 12.2. The Kier molecular flexibility index (Phi) is 6.08. The van der Waals surface area contributed by atoms with Crippen molar-refractivity contribution >= 4 is 0 Å². The maximum atomic E-state index is 6.45. The molecule has 25 heavy (non-hydrogen) atoms. The molecule has 1 fully saturated rings. The lowest BCUT2D eigenvalue weighted by molar-refractivity contribution is -0.181. The maximum Gasteiger partial charge on any atom is 0.159 e. The smallest absolute Gasteiger partial charge is 0.159 e. The van der Waals surface area contributed by atoms with Crippen LogP contribution < -0.4 is 4.74 Å². The Balaban J connectivity index is 1.85. The van der Waals surface area contributed by atoms with Gasteiger partial charge in [0.15, 0.2) is 6.29 Å². The summed E-state index contributed by atoms with van der Waals surface area (Å²) in [5.74, 6) is 1.11. The molecular weight excluding hydrogens is 316 g/mol. The lowest BCUT2D eigenvalue weighted by Gasteiger charge is -2.38. The first-order valence-electron chi connectivity index (χ1n) is 8.65. The van der Waals surface area contributed by atoms with Gasteiger partial charge in [0.1, 0.15) is 5.75 Å². The highest BCUT2D eigenvalue weighted by atomic mass is 16.7. The normalized spacial score (nSPS) is 23.6. The summed E-state index contributed by atoms with van der Waals surface area (Å²) in [6.45, 7) is 0. The molecule has 0 N–H and O–H groups in total. The summed E-state index contributed by atoms with van der Waals surface area (Å²) < 4.78 is 22.8. The van der Waals surface area contributed by atoms with E-state index in [1.807, 2.05) is 18.2 Å². The molecular formula is C21H26O4. The van der Waals surface area contributed by atoms with E-state index in [4.69, 9.17) is 18.9 Å². The molecule has 3 rings (SSSR count). The van der Waals surface area contributed by atoms with Gasteiger partial charge in [0, 0.05) is 20.1 Å². The van der Waals surface area contributed by atoms with Crippen molar-refractivity contribution in [1.82, 2.24) is 0 Å². The van der Waals surface area contributed by atoms with Gasteiger partial charge in [-0.3, -0.25) is 0 Å². The van der Waals surface area contributed by atoms with E-state index in [1.54, 1.807) is 21.3 Å². The van der Waals surface area contributed by atoms with Gasteiger partial charge in [-0.2, -0.15) is 0 Å². The summed E-state index contributed by atoms with van der Waals surface area (Å²) in [6, 6.07) is 18.5. The van der Waals surface area contributed by atoms with E-state index in [1.165, 1.54) is 5.56 Å². The predicted octanol–water partition coefficient (Wildman–Crippen LogP) is 4.52. The van der Waals surface area contributed by atoms with Crippen LogP contribution in [0.5, 0.6) is 5.75 Å². The van der Waals surface area contributed by atoms with E-state index >= 15 is 0 Å². The van der Waals surface area contributed by atoms with Crippen molar-refractivity contribution in [3.8, 4) is 5.75 Å². The molecule has 1 heterocycles. The quantitative estimate of drug-likeness (QED) is 0.723. The number of methoxy groups -OCH3 is 3. The number of ether oxygens (including phenoxy) is 4. The average Bonchev–Trinajstić information content (AvgIpc) is 2.69. The molecule has 2 aromatic carbocycles. The average molecular weight is 342 g/mol. The Bertz CT molecular complexity index is 637. The molecule has 1 aliphatic heterocycles. The van der Waals surface area contributed by atoms with Gasteiger partial charge in [0.05, 0.1) is 19.3 Å². The van der Waals surface area contributed by atoms with Gasteiger partial charge in [0.25, 0.3) is 0 Å². The summed E-state index contributed by atoms with van der Waals surface area (Å²) in [7, 11) is 5.07. The van der Waals surface area contributed by atoms with Crippen LogP contribution in [-0.4, -0.2) is 27.6 Å². The van der Waals surface area contributed by atoms with E-state index in [0.717, 1.165) is 24.2 Å².